The van der Waals surface area contributed by atoms with Crippen molar-refractivity contribution in [3.8, 4) is 17.2 Å². The van der Waals surface area contributed by atoms with Crippen molar-refractivity contribution in [2.75, 3.05) is 13.2 Å². The van der Waals surface area contributed by atoms with E-state index in [-0.39, 0.29) is 0 Å². The second-order valence-electron chi connectivity index (χ2n) is 4.20. The van der Waals surface area contributed by atoms with E-state index in [0.29, 0.717) is 36.0 Å². The van der Waals surface area contributed by atoms with Gasteiger partial charge in [-0.15, -0.1) is 0 Å². The monoisotopic (exact) mass is 334 g/mol. The second-order valence-corrected chi connectivity index (χ2v) is 5.12. The highest BCUT2D eigenvalue weighted by molar-refractivity contribution is 9.10. The SMILES string of the molecule is O=C(Oc1ccc2c(c1)OCCO2)c1ccc(Br)cc1. The number of rotatable bonds is 2. The van der Waals surface area contributed by atoms with Crippen molar-refractivity contribution in [2.24, 2.45) is 0 Å². The predicted molar refractivity (Wildman–Crippen MR) is 76.5 cm³/mol. The third kappa shape index (κ3) is 2.77. The maximum Gasteiger partial charge on any atom is 0.343 e. The van der Waals surface area contributed by atoms with Crippen LogP contribution in [0.15, 0.2) is 46.9 Å². The van der Waals surface area contributed by atoms with E-state index in [9.17, 15) is 4.79 Å². The van der Waals surface area contributed by atoms with Gasteiger partial charge in [-0.1, -0.05) is 15.9 Å². The number of carbonyl (C=O) groups excluding carboxylic acids is 1. The Labute approximate surface area is 124 Å². The minimum absolute atomic E-state index is 0.408. The summed E-state index contributed by atoms with van der Waals surface area (Å²) in [6, 6.07) is 12.1. The molecule has 5 heteroatoms. The van der Waals surface area contributed by atoms with Crippen molar-refractivity contribution in [3.05, 3.63) is 52.5 Å². The first-order valence-corrected chi connectivity index (χ1v) is 6.89. The van der Waals surface area contributed by atoms with Gasteiger partial charge in [0.25, 0.3) is 0 Å². The summed E-state index contributed by atoms with van der Waals surface area (Å²) >= 11 is 3.32. The summed E-state index contributed by atoms with van der Waals surface area (Å²) in [4.78, 5) is 12.0. The van der Waals surface area contributed by atoms with Crippen LogP contribution in [-0.4, -0.2) is 19.2 Å². The molecule has 0 aromatic heterocycles. The molecule has 1 aliphatic heterocycles. The lowest BCUT2D eigenvalue weighted by Crippen LogP contribution is -2.15. The van der Waals surface area contributed by atoms with Crippen molar-refractivity contribution in [2.45, 2.75) is 0 Å². The Morgan fingerprint density at radius 1 is 1.00 bits per heavy atom. The van der Waals surface area contributed by atoms with Gasteiger partial charge < -0.3 is 14.2 Å². The van der Waals surface area contributed by atoms with Crippen molar-refractivity contribution in [1.29, 1.82) is 0 Å². The van der Waals surface area contributed by atoms with E-state index >= 15 is 0 Å². The molecular weight excluding hydrogens is 324 g/mol. The maximum absolute atomic E-state index is 12.0. The summed E-state index contributed by atoms with van der Waals surface area (Å²) in [5, 5.41) is 0. The van der Waals surface area contributed by atoms with Crippen LogP contribution in [0.4, 0.5) is 0 Å². The van der Waals surface area contributed by atoms with Crippen LogP contribution in [0.2, 0.25) is 0 Å². The molecule has 0 spiro atoms. The number of hydrogen-bond donors (Lipinski definition) is 0. The molecule has 3 rings (SSSR count). The van der Waals surface area contributed by atoms with Crippen molar-refractivity contribution >= 4 is 21.9 Å². The second kappa shape index (κ2) is 5.54. The predicted octanol–water partition coefficient (Wildman–Crippen LogP) is 3.44. The van der Waals surface area contributed by atoms with Gasteiger partial charge in [-0.25, -0.2) is 4.79 Å². The molecule has 1 heterocycles. The molecule has 0 radical (unpaired) electrons. The van der Waals surface area contributed by atoms with Gasteiger partial charge in [0.2, 0.25) is 0 Å². The zero-order chi connectivity index (χ0) is 13.9. The van der Waals surface area contributed by atoms with Gasteiger partial charge in [0, 0.05) is 10.5 Å². The highest BCUT2D eigenvalue weighted by atomic mass is 79.9. The minimum atomic E-state index is -0.408. The first-order valence-electron chi connectivity index (χ1n) is 6.10. The van der Waals surface area contributed by atoms with Gasteiger partial charge in [0.15, 0.2) is 11.5 Å². The summed E-state index contributed by atoms with van der Waals surface area (Å²) in [6.45, 7) is 1.03. The van der Waals surface area contributed by atoms with Gasteiger partial charge in [0.1, 0.15) is 19.0 Å². The smallest absolute Gasteiger partial charge is 0.343 e. The standard InChI is InChI=1S/C15H11BrO4/c16-11-3-1-10(2-4-11)15(17)20-12-5-6-13-14(9-12)19-8-7-18-13/h1-6,9H,7-8H2. The summed E-state index contributed by atoms with van der Waals surface area (Å²) < 4.78 is 17.1. The van der Waals surface area contributed by atoms with Crippen LogP contribution in [-0.2, 0) is 0 Å². The average Bonchev–Trinajstić information content (AvgIpc) is 2.48. The van der Waals surface area contributed by atoms with Crippen molar-refractivity contribution < 1.29 is 19.0 Å². The van der Waals surface area contributed by atoms with E-state index in [1.165, 1.54) is 0 Å². The average molecular weight is 335 g/mol. The van der Waals surface area contributed by atoms with Gasteiger partial charge in [-0.2, -0.15) is 0 Å². The van der Waals surface area contributed by atoms with Crippen LogP contribution in [0.3, 0.4) is 0 Å². The summed E-state index contributed by atoms with van der Waals surface area (Å²) in [7, 11) is 0. The lowest BCUT2D eigenvalue weighted by molar-refractivity contribution is 0.0733. The Hall–Kier alpha value is -2.01. The third-order valence-electron chi connectivity index (χ3n) is 2.80. The molecule has 4 nitrogen and oxygen atoms in total. The normalized spacial score (nSPS) is 12.8. The Morgan fingerprint density at radius 2 is 1.70 bits per heavy atom. The molecule has 1 aliphatic rings. The van der Waals surface area contributed by atoms with Crippen molar-refractivity contribution in [1.82, 2.24) is 0 Å². The maximum atomic E-state index is 12.0. The molecular formula is C15H11BrO4. The molecule has 0 N–H and O–H groups in total. The zero-order valence-corrected chi connectivity index (χ0v) is 12.1. The Balaban J connectivity index is 1.77. The molecule has 0 saturated carbocycles. The van der Waals surface area contributed by atoms with Gasteiger partial charge in [0.05, 0.1) is 5.56 Å². The fraction of sp³-hybridized carbons (Fsp3) is 0.133. The van der Waals surface area contributed by atoms with Gasteiger partial charge in [-0.3, -0.25) is 0 Å². The number of fused-ring (bicyclic) bond motifs is 1. The van der Waals surface area contributed by atoms with E-state index in [0.717, 1.165) is 4.47 Å². The molecule has 0 saturated heterocycles. The fourth-order valence-corrected chi connectivity index (χ4v) is 2.10. The molecule has 0 unspecified atom stereocenters. The van der Waals surface area contributed by atoms with E-state index in [2.05, 4.69) is 15.9 Å². The van der Waals surface area contributed by atoms with E-state index in [4.69, 9.17) is 14.2 Å². The van der Waals surface area contributed by atoms with E-state index in [1.54, 1.807) is 42.5 Å². The zero-order valence-electron chi connectivity index (χ0n) is 10.5. The van der Waals surface area contributed by atoms with Crippen LogP contribution in [0, 0.1) is 0 Å². The molecule has 0 fully saturated rings. The molecule has 0 aliphatic carbocycles. The summed E-state index contributed by atoms with van der Waals surface area (Å²) in [6.07, 6.45) is 0. The fourth-order valence-electron chi connectivity index (χ4n) is 1.84. The number of benzene rings is 2. The van der Waals surface area contributed by atoms with Gasteiger partial charge >= 0.3 is 5.97 Å². The number of esters is 1. The number of carbonyl (C=O) groups is 1. The molecule has 2 aromatic rings. The Kier molecular flexibility index (Phi) is 3.60. The Morgan fingerprint density at radius 3 is 2.45 bits per heavy atom. The van der Waals surface area contributed by atoms with E-state index < -0.39 is 5.97 Å². The van der Waals surface area contributed by atoms with Crippen LogP contribution in [0.5, 0.6) is 17.2 Å². The number of hydrogen-bond acceptors (Lipinski definition) is 4. The van der Waals surface area contributed by atoms with Crippen LogP contribution < -0.4 is 14.2 Å². The molecule has 0 amide bonds. The quantitative estimate of drug-likeness (QED) is 0.623. The Bertz CT molecular complexity index is 637. The molecule has 2 aromatic carbocycles. The minimum Gasteiger partial charge on any atom is -0.486 e. The lowest BCUT2D eigenvalue weighted by Gasteiger charge is -2.18. The third-order valence-corrected chi connectivity index (χ3v) is 3.33. The first-order chi connectivity index (χ1) is 9.72. The van der Waals surface area contributed by atoms with Crippen molar-refractivity contribution in [3.63, 3.8) is 0 Å². The largest absolute Gasteiger partial charge is 0.486 e. The molecule has 0 atom stereocenters. The topological polar surface area (TPSA) is 44.8 Å². The lowest BCUT2D eigenvalue weighted by atomic mass is 10.2. The highest BCUT2D eigenvalue weighted by Crippen LogP contribution is 2.33. The highest BCUT2D eigenvalue weighted by Gasteiger charge is 2.14. The first kappa shape index (κ1) is 13.0. The molecule has 0 bridgehead atoms. The van der Waals surface area contributed by atoms with Crippen LogP contribution in [0.1, 0.15) is 10.4 Å². The summed E-state index contributed by atoms with van der Waals surface area (Å²) in [5.41, 5.74) is 0.489. The number of halogens is 1. The molecule has 102 valence electrons. The molecule has 20 heavy (non-hydrogen) atoms. The number of ether oxygens (including phenoxy) is 3. The van der Waals surface area contributed by atoms with Crippen LogP contribution >= 0.6 is 15.9 Å². The van der Waals surface area contributed by atoms with Gasteiger partial charge in [-0.05, 0) is 36.4 Å². The van der Waals surface area contributed by atoms with Crippen LogP contribution in [0.25, 0.3) is 0 Å². The summed E-state index contributed by atoms with van der Waals surface area (Å²) in [5.74, 6) is 1.29. The van der Waals surface area contributed by atoms with E-state index in [1.807, 2.05) is 0 Å².